The monoisotopic (exact) mass is 502 g/mol. The van der Waals surface area contributed by atoms with Crippen LogP contribution < -0.4 is 4.74 Å². The molecule has 2 aliphatic rings. The minimum Gasteiger partial charge on any atom is -0.494 e. The average Bonchev–Trinajstić information content (AvgIpc) is 2.90. The van der Waals surface area contributed by atoms with Crippen molar-refractivity contribution in [3.8, 4) is 5.75 Å². The first-order chi connectivity index (χ1) is 17.5. The normalized spacial score (nSPS) is 24.7. The highest BCUT2D eigenvalue weighted by atomic mass is 19.3. The average molecular weight is 503 g/mol. The van der Waals surface area contributed by atoms with Crippen molar-refractivity contribution in [2.24, 2.45) is 5.92 Å². The zero-order valence-corrected chi connectivity index (χ0v) is 21.8. The van der Waals surface area contributed by atoms with Crippen LogP contribution in [0.5, 0.6) is 5.75 Å². The van der Waals surface area contributed by atoms with Gasteiger partial charge < -0.3 is 9.47 Å². The number of alkyl halides is 2. The van der Waals surface area contributed by atoms with Crippen LogP contribution in [0.3, 0.4) is 0 Å². The quantitative estimate of drug-likeness (QED) is 0.301. The van der Waals surface area contributed by atoms with Crippen LogP contribution in [0.1, 0.15) is 125 Å². The molecule has 0 N–H and O–H groups in total. The molecule has 0 radical (unpaired) electrons. The van der Waals surface area contributed by atoms with Gasteiger partial charge in [0.1, 0.15) is 11.6 Å². The number of halogens is 3. The van der Waals surface area contributed by atoms with Crippen molar-refractivity contribution < 1.29 is 22.6 Å². The van der Waals surface area contributed by atoms with Crippen molar-refractivity contribution in [2.45, 2.75) is 102 Å². The lowest BCUT2D eigenvalue weighted by atomic mass is 9.76. The van der Waals surface area contributed by atoms with E-state index >= 15 is 4.39 Å². The molecule has 1 heterocycles. The topological polar surface area (TPSA) is 18.5 Å². The lowest BCUT2D eigenvalue weighted by Crippen LogP contribution is -2.22. The smallest absolute Gasteiger partial charge is 0.266 e. The molecule has 1 aliphatic heterocycles. The van der Waals surface area contributed by atoms with E-state index in [1.165, 1.54) is 6.42 Å². The molecule has 198 valence electrons. The van der Waals surface area contributed by atoms with Gasteiger partial charge in [0.15, 0.2) is 0 Å². The molecule has 2 atom stereocenters. The van der Waals surface area contributed by atoms with E-state index in [4.69, 9.17) is 9.47 Å². The van der Waals surface area contributed by atoms with Crippen LogP contribution in [-0.2, 0) is 4.74 Å². The fourth-order valence-electron chi connectivity index (χ4n) is 6.06. The second-order valence-electron chi connectivity index (χ2n) is 10.6. The van der Waals surface area contributed by atoms with Gasteiger partial charge in [-0.15, -0.1) is 0 Å². The minimum atomic E-state index is -2.82. The van der Waals surface area contributed by atoms with Crippen molar-refractivity contribution in [1.29, 1.82) is 0 Å². The third kappa shape index (κ3) is 6.45. The van der Waals surface area contributed by atoms with Crippen molar-refractivity contribution >= 4 is 0 Å². The highest BCUT2D eigenvalue weighted by Gasteiger charge is 2.32. The van der Waals surface area contributed by atoms with E-state index in [2.05, 4.69) is 13.8 Å². The largest absolute Gasteiger partial charge is 0.494 e. The van der Waals surface area contributed by atoms with Crippen LogP contribution in [0.15, 0.2) is 36.4 Å². The molecule has 1 aliphatic carbocycles. The number of benzene rings is 2. The van der Waals surface area contributed by atoms with Gasteiger partial charge in [0.2, 0.25) is 0 Å². The summed E-state index contributed by atoms with van der Waals surface area (Å²) in [5, 5.41) is 0. The molecule has 2 aromatic carbocycles. The predicted molar refractivity (Wildman–Crippen MR) is 138 cm³/mol. The van der Waals surface area contributed by atoms with Gasteiger partial charge in [-0.2, -0.15) is 0 Å². The van der Waals surface area contributed by atoms with Crippen LogP contribution in [0.4, 0.5) is 13.2 Å². The molecular formula is C31H41F3O2. The zero-order chi connectivity index (χ0) is 25.5. The standard InChI is InChI=1S/C31H41F3O2/c1-3-5-19-35-25-14-11-23(12-15-25)28-18-13-24(20-36-28)26-16-17-27(30(32)29(26)31(33)34)22-9-7-21(6-4-2)8-10-22/h11-12,14-17,21-22,24,28,31H,3-10,13,18-20H2,1-2H3. The van der Waals surface area contributed by atoms with E-state index in [-0.39, 0.29) is 17.9 Å². The molecule has 0 amide bonds. The summed E-state index contributed by atoms with van der Waals surface area (Å²) in [5.74, 6) is 0.690. The molecule has 4 rings (SSSR count). The maximum absolute atomic E-state index is 15.5. The number of unbranched alkanes of at least 4 members (excludes halogenated alkanes) is 1. The molecular weight excluding hydrogens is 461 g/mol. The highest BCUT2D eigenvalue weighted by Crippen LogP contribution is 2.44. The summed E-state index contributed by atoms with van der Waals surface area (Å²) >= 11 is 0. The van der Waals surface area contributed by atoms with Gasteiger partial charge in [-0.3, -0.25) is 0 Å². The molecule has 2 nitrogen and oxygen atoms in total. The summed E-state index contributed by atoms with van der Waals surface area (Å²) in [4.78, 5) is 0. The van der Waals surface area contributed by atoms with Crippen LogP contribution in [0.2, 0.25) is 0 Å². The Morgan fingerprint density at radius 1 is 0.861 bits per heavy atom. The number of hydrogen-bond donors (Lipinski definition) is 0. The van der Waals surface area contributed by atoms with Crippen molar-refractivity contribution in [2.75, 3.05) is 13.2 Å². The van der Waals surface area contributed by atoms with Crippen LogP contribution in [-0.4, -0.2) is 13.2 Å². The molecule has 5 heteroatoms. The maximum Gasteiger partial charge on any atom is 0.266 e. The van der Waals surface area contributed by atoms with Gasteiger partial charge in [0.05, 0.1) is 24.9 Å². The van der Waals surface area contributed by atoms with Crippen molar-refractivity contribution in [3.05, 3.63) is 64.5 Å². The zero-order valence-electron chi connectivity index (χ0n) is 21.8. The molecule has 0 aromatic heterocycles. The van der Waals surface area contributed by atoms with Crippen LogP contribution >= 0.6 is 0 Å². The van der Waals surface area contributed by atoms with Gasteiger partial charge >= 0.3 is 0 Å². The number of hydrogen-bond acceptors (Lipinski definition) is 2. The summed E-state index contributed by atoms with van der Waals surface area (Å²) in [7, 11) is 0. The fraction of sp³-hybridized carbons (Fsp3) is 0.613. The first-order valence-corrected chi connectivity index (χ1v) is 14.0. The molecule has 0 bridgehead atoms. The molecule has 2 aromatic rings. The summed E-state index contributed by atoms with van der Waals surface area (Å²) < 4.78 is 55.7. The molecule has 0 spiro atoms. The van der Waals surface area contributed by atoms with Crippen LogP contribution in [0.25, 0.3) is 0 Å². The van der Waals surface area contributed by atoms with E-state index in [9.17, 15) is 8.78 Å². The SMILES string of the molecule is CCCCOc1ccc(C2CCC(c3ccc(C4CCC(CCC)CC4)c(F)c3C(F)F)CO2)cc1. The van der Waals surface area contributed by atoms with Gasteiger partial charge in [0, 0.05) is 5.92 Å². The Kier molecular flexibility index (Phi) is 9.75. The van der Waals surface area contributed by atoms with Gasteiger partial charge in [0.25, 0.3) is 6.43 Å². The van der Waals surface area contributed by atoms with E-state index in [0.29, 0.717) is 43.1 Å². The molecule has 2 fully saturated rings. The molecule has 1 saturated heterocycles. The van der Waals surface area contributed by atoms with E-state index in [0.717, 1.165) is 56.3 Å². The Morgan fingerprint density at radius 3 is 2.17 bits per heavy atom. The van der Waals surface area contributed by atoms with E-state index in [1.807, 2.05) is 24.3 Å². The van der Waals surface area contributed by atoms with Gasteiger partial charge in [-0.25, -0.2) is 13.2 Å². The predicted octanol–water partition coefficient (Wildman–Crippen LogP) is 9.65. The molecule has 2 unspecified atom stereocenters. The second kappa shape index (κ2) is 13.0. The van der Waals surface area contributed by atoms with E-state index in [1.54, 1.807) is 12.1 Å². The van der Waals surface area contributed by atoms with Gasteiger partial charge in [-0.05, 0) is 85.6 Å². The Hall–Kier alpha value is -2.01. The molecule has 1 saturated carbocycles. The lowest BCUT2D eigenvalue weighted by molar-refractivity contribution is 0.00148. The van der Waals surface area contributed by atoms with Crippen molar-refractivity contribution in [3.63, 3.8) is 0 Å². The Morgan fingerprint density at radius 2 is 1.56 bits per heavy atom. The first-order valence-electron chi connectivity index (χ1n) is 14.0. The fourth-order valence-corrected chi connectivity index (χ4v) is 6.06. The summed E-state index contributed by atoms with van der Waals surface area (Å²) in [6.07, 6.45) is 6.90. The highest BCUT2D eigenvalue weighted by molar-refractivity contribution is 5.39. The Bertz CT molecular complexity index is 943. The summed E-state index contributed by atoms with van der Waals surface area (Å²) in [5.41, 5.74) is 1.57. The third-order valence-corrected chi connectivity index (χ3v) is 8.18. The Balaban J connectivity index is 1.41. The van der Waals surface area contributed by atoms with Gasteiger partial charge in [-0.1, -0.05) is 57.4 Å². The van der Waals surface area contributed by atoms with Crippen molar-refractivity contribution in [1.82, 2.24) is 0 Å². The second-order valence-corrected chi connectivity index (χ2v) is 10.6. The summed E-state index contributed by atoms with van der Waals surface area (Å²) in [6, 6.07) is 11.5. The van der Waals surface area contributed by atoms with E-state index < -0.39 is 17.8 Å². The first kappa shape index (κ1) is 27.0. The Labute approximate surface area is 214 Å². The lowest BCUT2D eigenvalue weighted by Gasteiger charge is -2.32. The minimum absolute atomic E-state index is 0.0468. The molecule has 36 heavy (non-hydrogen) atoms. The third-order valence-electron chi connectivity index (χ3n) is 8.18. The number of ether oxygens (including phenoxy) is 2. The maximum atomic E-state index is 15.5. The summed E-state index contributed by atoms with van der Waals surface area (Å²) in [6.45, 7) is 5.35. The van der Waals surface area contributed by atoms with Crippen LogP contribution in [0, 0.1) is 11.7 Å². The number of rotatable bonds is 10.